The van der Waals surface area contributed by atoms with Crippen molar-refractivity contribution in [2.75, 3.05) is 18.2 Å². The van der Waals surface area contributed by atoms with Crippen LogP contribution < -0.4 is 5.73 Å². The Morgan fingerprint density at radius 2 is 1.54 bits per heavy atom. The van der Waals surface area contributed by atoms with Gasteiger partial charge in [0, 0.05) is 24.3 Å². The minimum Gasteiger partial charge on any atom is -0.400 e. The number of benzene rings is 2. The van der Waals surface area contributed by atoms with Crippen LogP contribution in [0.5, 0.6) is 0 Å². The van der Waals surface area contributed by atoms with E-state index in [0.29, 0.717) is 16.4 Å². The zero-order valence-electron chi connectivity index (χ0n) is 16.4. The molecule has 3 N–H and O–H groups in total. The number of nitrogen functional groups attached to an aromatic ring is 1. The first kappa shape index (κ1) is 24.0. The molecule has 2 unspecified atom stereocenters. The second-order valence-electron chi connectivity index (χ2n) is 5.98. The van der Waals surface area contributed by atoms with Gasteiger partial charge in [0.15, 0.2) is 10.9 Å². The lowest BCUT2D eigenvalue weighted by atomic mass is 9.98. The van der Waals surface area contributed by atoms with Gasteiger partial charge < -0.3 is 10.8 Å². The number of aromatic nitrogens is 1. The minimum atomic E-state index is 0.00516. The van der Waals surface area contributed by atoms with Gasteiger partial charge >= 0.3 is 0 Å². The topological polar surface area (TPSA) is 76.2 Å². The maximum absolute atomic E-state index is 11.3. The predicted octanol–water partition coefficient (Wildman–Crippen LogP) is 5.24. The number of hydrogen-bond acceptors (Lipinski definition) is 5. The van der Waals surface area contributed by atoms with Crippen LogP contribution in [-0.2, 0) is 4.79 Å². The van der Waals surface area contributed by atoms with Gasteiger partial charge in [-0.2, -0.15) is 0 Å². The quantitative estimate of drug-likeness (QED) is 0.508. The summed E-state index contributed by atoms with van der Waals surface area (Å²) >= 11 is 4.66. The van der Waals surface area contributed by atoms with Gasteiger partial charge in [-0.3, -0.25) is 4.79 Å². The zero-order chi connectivity index (χ0) is 20.9. The van der Waals surface area contributed by atoms with Crippen LogP contribution >= 0.6 is 27.3 Å². The number of aliphatic hydroxyl groups is 1. The van der Waals surface area contributed by atoms with Gasteiger partial charge in [-0.05, 0) is 11.1 Å². The number of nitrogens with two attached hydrogens (primary N) is 1. The van der Waals surface area contributed by atoms with Crippen molar-refractivity contribution in [1.29, 1.82) is 0 Å². The Morgan fingerprint density at radius 1 is 1.04 bits per heavy atom. The van der Waals surface area contributed by atoms with Crippen molar-refractivity contribution in [3.8, 4) is 0 Å². The van der Waals surface area contributed by atoms with Crippen molar-refractivity contribution in [2.24, 2.45) is 0 Å². The molecule has 0 saturated carbocycles. The molecule has 0 saturated heterocycles. The smallest absolute Gasteiger partial charge is 0.180 e. The summed E-state index contributed by atoms with van der Waals surface area (Å²) in [6.07, 6.45) is 0. The molecule has 0 radical (unpaired) electrons. The highest BCUT2D eigenvalue weighted by Gasteiger charge is 2.12. The first-order chi connectivity index (χ1) is 13.5. The lowest BCUT2D eigenvalue weighted by molar-refractivity contribution is -0.117. The monoisotopic (exact) mass is 462 g/mol. The zero-order valence-corrected chi connectivity index (χ0v) is 18.8. The van der Waals surface area contributed by atoms with Crippen LogP contribution in [0.3, 0.4) is 0 Å². The lowest BCUT2D eigenvalue weighted by Crippen LogP contribution is -2.09. The van der Waals surface area contributed by atoms with Gasteiger partial charge in [-0.25, -0.2) is 4.98 Å². The predicted molar refractivity (Wildman–Crippen MR) is 122 cm³/mol. The summed E-state index contributed by atoms with van der Waals surface area (Å²) in [7, 11) is 1.00. The maximum atomic E-state index is 11.3. The molecule has 1 aromatic heterocycles. The van der Waals surface area contributed by atoms with E-state index < -0.39 is 0 Å². The van der Waals surface area contributed by atoms with Crippen LogP contribution in [-0.4, -0.2) is 28.3 Å². The Hall–Kier alpha value is -2.02. The molecule has 0 aliphatic heterocycles. The molecule has 28 heavy (non-hydrogen) atoms. The van der Waals surface area contributed by atoms with Crippen LogP contribution in [0.4, 0.5) is 5.13 Å². The van der Waals surface area contributed by atoms with E-state index in [2.05, 4.69) is 40.0 Å². The number of anilines is 1. The summed E-state index contributed by atoms with van der Waals surface area (Å²) in [5, 5.41) is 10.1. The Morgan fingerprint density at radius 3 is 1.96 bits per heavy atom. The molecule has 6 heteroatoms. The Labute approximate surface area is 179 Å². The fraction of sp³-hybridized carbons (Fsp3) is 0.273. The summed E-state index contributed by atoms with van der Waals surface area (Å²) in [6, 6.07) is 20.1. The maximum Gasteiger partial charge on any atom is 0.180 e. The van der Waals surface area contributed by atoms with E-state index in [9.17, 15) is 4.79 Å². The van der Waals surface area contributed by atoms with Gasteiger partial charge in [-0.1, -0.05) is 90.4 Å². The number of halogens is 1. The molecule has 0 amide bonds. The molecule has 150 valence electrons. The fourth-order valence-electron chi connectivity index (χ4n) is 2.46. The molecule has 0 fully saturated rings. The Bertz CT molecular complexity index is 810. The molecule has 0 aliphatic carbocycles. The highest BCUT2D eigenvalue weighted by atomic mass is 79.9. The van der Waals surface area contributed by atoms with Crippen LogP contribution in [0.25, 0.3) is 0 Å². The van der Waals surface area contributed by atoms with Gasteiger partial charge in [0.25, 0.3) is 0 Å². The SMILES string of the molecule is CC(C(=O)CBr)c1ccccc1.CC(c1ccccc1)c1csc(N)n1.CO. The largest absolute Gasteiger partial charge is 0.400 e. The van der Waals surface area contributed by atoms with E-state index in [4.69, 9.17) is 10.8 Å². The second kappa shape index (κ2) is 13.2. The number of aliphatic hydroxyl groups excluding tert-OH is 1. The third-order valence-corrected chi connectivity index (χ3v) is 5.44. The van der Waals surface area contributed by atoms with Gasteiger partial charge in [0.1, 0.15) is 0 Å². The molecule has 0 spiro atoms. The fourth-order valence-corrected chi connectivity index (χ4v) is 3.60. The first-order valence-corrected chi connectivity index (χ1v) is 10.9. The van der Waals surface area contributed by atoms with Crippen LogP contribution in [0.1, 0.15) is 42.5 Å². The van der Waals surface area contributed by atoms with E-state index in [1.165, 1.54) is 16.9 Å². The third-order valence-electron chi connectivity index (χ3n) is 4.20. The molecule has 1 heterocycles. The van der Waals surface area contributed by atoms with Crippen LogP contribution in [0.15, 0.2) is 66.0 Å². The highest BCUT2D eigenvalue weighted by Crippen LogP contribution is 2.25. The van der Waals surface area contributed by atoms with Crippen LogP contribution in [0, 0.1) is 0 Å². The van der Waals surface area contributed by atoms with Gasteiger partial charge in [0.05, 0.1) is 11.0 Å². The van der Waals surface area contributed by atoms with Crippen molar-refractivity contribution in [3.63, 3.8) is 0 Å². The molecular formula is C22H27BrN2O2S. The summed E-state index contributed by atoms with van der Waals surface area (Å²) < 4.78 is 0. The minimum absolute atomic E-state index is 0.00516. The van der Waals surface area contributed by atoms with Crippen molar-refractivity contribution in [2.45, 2.75) is 25.7 Å². The number of nitrogens with zero attached hydrogens (tertiary/aromatic N) is 1. The standard InChI is InChI=1S/C11H12N2S.C10H11BrO.CH4O/c1-8(9-5-3-2-4-6-9)10-7-14-11(12)13-10;1-8(10(12)7-11)9-5-3-2-4-6-9;1-2/h2-8H,1H3,(H2,12,13);2-6,8H,7H2,1H3;2H,1H3. The molecule has 3 rings (SSSR count). The van der Waals surface area contributed by atoms with E-state index in [-0.39, 0.29) is 11.7 Å². The first-order valence-electron chi connectivity index (χ1n) is 8.87. The summed E-state index contributed by atoms with van der Waals surface area (Å²) in [5.74, 6) is 0.552. The lowest BCUT2D eigenvalue weighted by Gasteiger charge is -2.07. The Kier molecular flexibility index (Phi) is 11.3. The second-order valence-corrected chi connectivity index (χ2v) is 7.43. The molecule has 0 bridgehead atoms. The molecule has 4 nitrogen and oxygen atoms in total. The van der Waals surface area contributed by atoms with Gasteiger partial charge in [-0.15, -0.1) is 11.3 Å². The highest BCUT2D eigenvalue weighted by molar-refractivity contribution is 9.09. The average Bonchev–Trinajstić information content (AvgIpc) is 3.21. The molecule has 2 atom stereocenters. The number of alkyl halides is 1. The summed E-state index contributed by atoms with van der Waals surface area (Å²) in [6.45, 7) is 4.07. The van der Waals surface area contributed by atoms with E-state index in [1.54, 1.807) is 0 Å². The number of carbonyl (C=O) groups excluding carboxylic acids is 1. The van der Waals surface area contributed by atoms with Crippen molar-refractivity contribution < 1.29 is 9.90 Å². The number of carbonyl (C=O) groups is 1. The van der Waals surface area contributed by atoms with E-state index in [1.807, 2.05) is 60.8 Å². The molecule has 3 aromatic rings. The van der Waals surface area contributed by atoms with Crippen molar-refractivity contribution >= 4 is 38.2 Å². The van der Waals surface area contributed by atoms with Crippen molar-refractivity contribution in [1.82, 2.24) is 4.98 Å². The number of rotatable bonds is 5. The number of hydrogen-bond donors (Lipinski definition) is 2. The number of Topliss-reactive ketones (excluding diaryl/α,β-unsaturated/α-hetero) is 1. The number of ketones is 1. The molecule has 2 aromatic carbocycles. The normalized spacial score (nSPS) is 11.9. The van der Waals surface area contributed by atoms with E-state index in [0.717, 1.165) is 18.4 Å². The third kappa shape index (κ3) is 7.54. The Balaban J connectivity index is 0.000000260. The van der Waals surface area contributed by atoms with Crippen molar-refractivity contribution in [3.05, 3.63) is 82.9 Å². The number of thiazole rings is 1. The molecular weight excluding hydrogens is 436 g/mol. The van der Waals surface area contributed by atoms with Gasteiger partial charge in [0.2, 0.25) is 0 Å². The molecule has 0 aliphatic rings. The van der Waals surface area contributed by atoms with Crippen LogP contribution in [0.2, 0.25) is 0 Å². The summed E-state index contributed by atoms with van der Waals surface area (Å²) in [4.78, 5) is 15.5. The van der Waals surface area contributed by atoms with E-state index >= 15 is 0 Å². The average molecular weight is 463 g/mol. The summed E-state index contributed by atoms with van der Waals surface area (Å²) in [5.41, 5.74) is 9.02.